The first-order chi connectivity index (χ1) is 9.19. The molecule has 0 spiro atoms. The highest BCUT2D eigenvalue weighted by Gasteiger charge is 2.11. The third kappa shape index (κ3) is 2.06. The van der Waals surface area contributed by atoms with E-state index in [2.05, 4.69) is 16.5 Å². The Hall–Kier alpha value is -2.00. The van der Waals surface area contributed by atoms with Crippen molar-refractivity contribution in [2.45, 2.75) is 13.5 Å². The van der Waals surface area contributed by atoms with Crippen LogP contribution in [-0.4, -0.2) is 9.55 Å². The summed E-state index contributed by atoms with van der Waals surface area (Å²) >= 11 is 6.02. The number of imidazole rings is 1. The summed E-state index contributed by atoms with van der Waals surface area (Å²) in [6.07, 6.45) is 0. The first-order valence-electron chi connectivity index (χ1n) is 6.20. The van der Waals surface area contributed by atoms with Crippen molar-refractivity contribution in [3.05, 3.63) is 47.5 Å². The Morgan fingerprint density at radius 3 is 2.58 bits per heavy atom. The molecule has 3 rings (SSSR count). The number of hydrogen-bond donors (Lipinski definition) is 1. The number of nitrogen functional groups attached to an aromatic ring is 1. The van der Waals surface area contributed by atoms with Gasteiger partial charge in [0.2, 0.25) is 0 Å². The van der Waals surface area contributed by atoms with Gasteiger partial charge in [0.05, 0.1) is 11.0 Å². The standard InChI is InChI=1S/C15H14ClN3/c1-2-19-14-8-5-11(16)9-13(14)18-15(19)10-3-6-12(17)7-4-10/h3-9H,2,17H2,1H3. The van der Waals surface area contributed by atoms with Crippen LogP contribution in [-0.2, 0) is 6.54 Å². The van der Waals surface area contributed by atoms with E-state index < -0.39 is 0 Å². The van der Waals surface area contributed by atoms with Crippen molar-refractivity contribution in [1.29, 1.82) is 0 Å². The van der Waals surface area contributed by atoms with Crippen LogP contribution in [0.25, 0.3) is 22.4 Å². The average molecular weight is 272 g/mol. The highest BCUT2D eigenvalue weighted by atomic mass is 35.5. The maximum Gasteiger partial charge on any atom is 0.141 e. The van der Waals surface area contributed by atoms with E-state index in [1.54, 1.807) is 0 Å². The van der Waals surface area contributed by atoms with E-state index in [-0.39, 0.29) is 0 Å². The molecule has 0 aliphatic carbocycles. The van der Waals surface area contributed by atoms with Crippen LogP contribution in [0, 0.1) is 0 Å². The molecule has 1 heterocycles. The number of halogens is 1. The zero-order valence-electron chi connectivity index (χ0n) is 10.6. The molecule has 19 heavy (non-hydrogen) atoms. The highest BCUT2D eigenvalue weighted by Crippen LogP contribution is 2.27. The molecule has 3 aromatic rings. The molecular weight excluding hydrogens is 258 g/mol. The zero-order valence-corrected chi connectivity index (χ0v) is 11.4. The molecule has 0 fully saturated rings. The van der Waals surface area contributed by atoms with E-state index in [4.69, 9.17) is 17.3 Å². The summed E-state index contributed by atoms with van der Waals surface area (Å²) in [7, 11) is 0. The summed E-state index contributed by atoms with van der Waals surface area (Å²) in [6.45, 7) is 2.97. The topological polar surface area (TPSA) is 43.8 Å². The monoisotopic (exact) mass is 271 g/mol. The van der Waals surface area contributed by atoms with E-state index in [0.717, 1.165) is 34.7 Å². The van der Waals surface area contributed by atoms with Gasteiger partial charge >= 0.3 is 0 Å². The number of nitrogens with two attached hydrogens (primary N) is 1. The Labute approximate surface area is 116 Å². The van der Waals surface area contributed by atoms with Gasteiger partial charge in [-0.3, -0.25) is 0 Å². The molecule has 0 aliphatic heterocycles. The summed E-state index contributed by atoms with van der Waals surface area (Å²) in [6, 6.07) is 13.6. The predicted octanol–water partition coefficient (Wildman–Crippen LogP) is 3.96. The summed E-state index contributed by atoms with van der Waals surface area (Å²) in [5.74, 6) is 0.944. The molecule has 0 saturated heterocycles. The van der Waals surface area contributed by atoms with Crippen LogP contribution in [0.2, 0.25) is 5.02 Å². The number of nitrogens with zero attached hydrogens (tertiary/aromatic N) is 2. The van der Waals surface area contributed by atoms with Crippen LogP contribution < -0.4 is 5.73 Å². The van der Waals surface area contributed by atoms with Gasteiger partial charge in [-0.05, 0) is 49.4 Å². The van der Waals surface area contributed by atoms with Gasteiger partial charge < -0.3 is 10.3 Å². The van der Waals surface area contributed by atoms with E-state index in [1.807, 2.05) is 42.5 Å². The number of anilines is 1. The molecule has 0 radical (unpaired) electrons. The first-order valence-corrected chi connectivity index (χ1v) is 6.58. The molecular formula is C15H14ClN3. The van der Waals surface area contributed by atoms with Crippen molar-refractivity contribution in [3.63, 3.8) is 0 Å². The summed E-state index contributed by atoms with van der Waals surface area (Å²) in [4.78, 5) is 4.68. The van der Waals surface area contributed by atoms with Crippen LogP contribution in [0.15, 0.2) is 42.5 Å². The Bertz CT molecular complexity index is 729. The fraction of sp³-hybridized carbons (Fsp3) is 0.133. The minimum Gasteiger partial charge on any atom is -0.399 e. The van der Waals surface area contributed by atoms with Crippen molar-refractivity contribution < 1.29 is 0 Å². The third-order valence-corrected chi connectivity index (χ3v) is 3.43. The van der Waals surface area contributed by atoms with Crippen LogP contribution >= 0.6 is 11.6 Å². The van der Waals surface area contributed by atoms with Gasteiger partial charge in [0.25, 0.3) is 0 Å². The molecule has 0 unspecified atom stereocenters. The van der Waals surface area contributed by atoms with Crippen molar-refractivity contribution in [2.75, 3.05) is 5.73 Å². The van der Waals surface area contributed by atoms with Gasteiger partial charge in [-0.1, -0.05) is 11.6 Å². The summed E-state index contributed by atoms with van der Waals surface area (Å²) < 4.78 is 2.18. The molecule has 0 bridgehead atoms. The lowest BCUT2D eigenvalue weighted by molar-refractivity contribution is 0.796. The molecule has 0 atom stereocenters. The molecule has 4 heteroatoms. The van der Waals surface area contributed by atoms with Gasteiger partial charge in [-0.15, -0.1) is 0 Å². The minimum atomic E-state index is 0.706. The number of aromatic nitrogens is 2. The molecule has 0 amide bonds. The van der Waals surface area contributed by atoms with Gasteiger partial charge in [0.1, 0.15) is 5.82 Å². The lowest BCUT2D eigenvalue weighted by atomic mass is 10.2. The molecule has 1 aromatic heterocycles. The van der Waals surface area contributed by atoms with Crippen LogP contribution in [0.3, 0.4) is 0 Å². The maximum atomic E-state index is 6.02. The van der Waals surface area contributed by atoms with E-state index in [9.17, 15) is 0 Å². The number of hydrogen-bond acceptors (Lipinski definition) is 2. The smallest absolute Gasteiger partial charge is 0.141 e. The Balaban J connectivity index is 2.25. The Morgan fingerprint density at radius 1 is 1.16 bits per heavy atom. The molecule has 2 aromatic carbocycles. The van der Waals surface area contributed by atoms with E-state index in [0.29, 0.717) is 5.02 Å². The largest absolute Gasteiger partial charge is 0.399 e. The second-order valence-corrected chi connectivity index (χ2v) is 4.87. The van der Waals surface area contributed by atoms with Crippen molar-refractivity contribution in [1.82, 2.24) is 9.55 Å². The SMILES string of the molecule is CCn1c(-c2ccc(N)cc2)nc2cc(Cl)ccc21. The Morgan fingerprint density at radius 2 is 1.89 bits per heavy atom. The van der Waals surface area contributed by atoms with Gasteiger partial charge in [-0.2, -0.15) is 0 Å². The van der Waals surface area contributed by atoms with E-state index in [1.165, 1.54) is 0 Å². The number of benzene rings is 2. The molecule has 96 valence electrons. The summed E-state index contributed by atoms with van der Waals surface area (Å²) in [5.41, 5.74) is 9.55. The highest BCUT2D eigenvalue weighted by molar-refractivity contribution is 6.31. The number of aryl methyl sites for hydroxylation is 1. The van der Waals surface area contributed by atoms with Gasteiger partial charge in [0.15, 0.2) is 0 Å². The normalized spacial score (nSPS) is 11.1. The molecule has 0 saturated carbocycles. The van der Waals surface area contributed by atoms with Crippen LogP contribution in [0.4, 0.5) is 5.69 Å². The third-order valence-electron chi connectivity index (χ3n) is 3.20. The van der Waals surface area contributed by atoms with Crippen molar-refractivity contribution >= 4 is 28.3 Å². The molecule has 3 nitrogen and oxygen atoms in total. The van der Waals surface area contributed by atoms with Crippen LogP contribution in [0.5, 0.6) is 0 Å². The average Bonchev–Trinajstić information content (AvgIpc) is 2.77. The maximum absolute atomic E-state index is 6.02. The second kappa shape index (κ2) is 4.59. The van der Waals surface area contributed by atoms with Gasteiger partial charge in [0, 0.05) is 22.8 Å². The predicted molar refractivity (Wildman–Crippen MR) is 80.3 cm³/mol. The number of fused-ring (bicyclic) bond motifs is 1. The fourth-order valence-corrected chi connectivity index (χ4v) is 2.44. The lowest BCUT2D eigenvalue weighted by Gasteiger charge is -2.06. The second-order valence-electron chi connectivity index (χ2n) is 4.43. The fourth-order valence-electron chi connectivity index (χ4n) is 2.28. The lowest BCUT2D eigenvalue weighted by Crippen LogP contribution is -1.97. The zero-order chi connectivity index (χ0) is 13.4. The summed E-state index contributed by atoms with van der Waals surface area (Å²) in [5, 5.41) is 0.706. The van der Waals surface area contributed by atoms with Gasteiger partial charge in [-0.25, -0.2) is 4.98 Å². The molecule has 2 N–H and O–H groups in total. The van der Waals surface area contributed by atoms with Crippen molar-refractivity contribution in [3.8, 4) is 11.4 Å². The van der Waals surface area contributed by atoms with Crippen LogP contribution in [0.1, 0.15) is 6.92 Å². The Kier molecular flexibility index (Phi) is 2.91. The minimum absolute atomic E-state index is 0.706. The quantitative estimate of drug-likeness (QED) is 0.717. The molecule has 0 aliphatic rings. The first kappa shape index (κ1) is 12.1. The van der Waals surface area contributed by atoms with Crippen molar-refractivity contribution in [2.24, 2.45) is 0 Å². The number of rotatable bonds is 2. The van der Waals surface area contributed by atoms with E-state index >= 15 is 0 Å².